The molecule has 0 saturated carbocycles. The van der Waals surface area contributed by atoms with Gasteiger partial charge in [0.05, 0.1) is 18.2 Å². The van der Waals surface area contributed by atoms with E-state index in [1.54, 1.807) is 0 Å². The van der Waals surface area contributed by atoms with Gasteiger partial charge in [0.15, 0.2) is 0 Å². The molecule has 0 heterocycles. The zero-order chi connectivity index (χ0) is 15.6. The first-order valence-electron chi connectivity index (χ1n) is 5.95. The summed E-state index contributed by atoms with van der Waals surface area (Å²) in [5.41, 5.74) is 5.69. The van der Waals surface area contributed by atoms with Crippen molar-refractivity contribution < 1.29 is 23.8 Å². The van der Waals surface area contributed by atoms with E-state index in [0.717, 1.165) is 6.07 Å². The van der Waals surface area contributed by atoms with Crippen LogP contribution in [0, 0.1) is 5.82 Å². The fraction of sp³-hybridized carbons (Fsp3) is 0.0667. The van der Waals surface area contributed by atoms with Gasteiger partial charge in [-0.1, -0.05) is 6.07 Å². The Labute approximate surface area is 119 Å². The normalized spacial score (nSPS) is 10.2. The number of carbonyl (C=O) groups is 2. The molecule has 0 radical (unpaired) electrons. The number of carboxylic acids is 1. The largest absolute Gasteiger partial charge is 0.496 e. The number of rotatable bonds is 4. The number of hydrogen-bond donors (Lipinski definition) is 2. The zero-order valence-corrected chi connectivity index (χ0v) is 11.1. The minimum Gasteiger partial charge on any atom is -0.496 e. The van der Waals surface area contributed by atoms with Crippen molar-refractivity contribution >= 4 is 11.9 Å². The number of benzene rings is 2. The van der Waals surface area contributed by atoms with E-state index in [4.69, 9.17) is 15.6 Å². The molecule has 2 aromatic carbocycles. The number of nitrogens with two attached hydrogens (primary N) is 1. The predicted octanol–water partition coefficient (Wildman–Crippen LogP) is 2.30. The molecule has 1 amide bonds. The lowest BCUT2D eigenvalue weighted by Crippen LogP contribution is -2.12. The second-order valence-corrected chi connectivity index (χ2v) is 4.28. The smallest absolute Gasteiger partial charge is 0.335 e. The first-order chi connectivity index (χ1) is 9.93. The monoisotopic (exact) mass is 289 g/mol. The molecule has 0 saturated heterocycles. The van der Waals surface area contributed by atoms with Crippen LogP contribution in [0.4, 0.5) is 4.39 Å². The second kappa shape index (κ2) is 5.62. The van der Waals surface area contributed by atoms with Crippen molar-refractivity contribution in [3.05, 3.63) is 53.3 Å². The van der Waals surface area contributed by atoms with Gasteiger partial charge in [0.1, 0.15) is 11.6 Å². The Bertz CT molecular complexity index is 728. The van der Waals surface area contributed by atoms with E-state index in [1.807, 2.05) is 0 Å². The van der Waals surface area contributed by atoms with Gasteiger partial charge in [0.25, 0.3) is 5.91 Å². The van der Waals surface area contributed by atoms with E-state index in [9.17, 15) is 14.0 Å². The van der Waals surface area contributed by atoms with Crippen molar-refractivity contribution in [1.29, 1.82) is 0 Å². The third-order valence-corrected chi connectivity index (χ3v) is 2.99. The molecule has 5 nitrogen and oxygen atoms in total. The molecule has 0 atom stereocenters. The van der Waals surface area contributed by atoms with Gasteiger partial charge in [0, 0.05) is 5.56 Å². The van der Waals surface area contributed by atoms with Gasteiger partial charge < -0.3 is 15.6 Å². The standard InChI is InChI=1S/C15H12FNO4/c1-21-13-5-3-8(6-11(13)14(17)18)10-7-9(15(19)20)2-4-12(10)16/h2-7H,1H3,(H2,17,18)(H,19,20). The van der Waals surface area contributed by atoms with Gasteiger partial charge in [0.2, 0.25) is 0 Å². The molecule has 2 aromatic rings. The molecule has 3 N–H and O–H groups in total. The second-order valence-electron chi connectivity index (χ2n) is 4.28. The Morgan fingerprint density at radius 2 is 1.90 bits per heavy atom. The van der Waals surface area contributed by atoms with Crippen LogP contribution in [0.15, 0.2) is 36.4 Å². The quantitative estimate of drug-likeness (QED) is 0.903. The van der Waals surface area contributed by atoms with Gasteiger partial charge in [-0.25, -0.2) is 9.18 Å². The molecule has 0 aromatic heterocycles. The third-order valence-electron chi connectivity index (χ3n) is 2.99. The van der Waals surface area contributed by atoms with Gasteiger partial charge in [-0.2, -0.15) is 0 Å². The highest BCUT2D eigenvalue weighted by molar-refractivity contribution is 5.97. The summed E-state index contributed by atoms with van der Waals surface area (Å²) in [7, 11) is 1.38. The molecule has 2 rings (SSSR count). The fourth-order valence-electron chi connectivity index (χ4n) is 1.95. The van der Waals surface area contributed by atoms with Crippen molar-refractivity contribution in [2.75, 3.05) is 7.11 Å². The minimum absolute atomic E-state index is 0.0529. The lowest BCUT2D eigenvalue weighted by molar-refractivity contribution is 0.0696. The molecule has 0 aliphatic rings. The van der Waals surface area contributed by atoms with E-state index in [2.05, 4.69) is 0 Å². The lowest BCUT2D eigenvalue weighted by atomic mass is 9.99. The molecule has 0 unspecified atom stereocenters. The molecule has 0 bridgehead atoms. The summed E-state index contributed by atoms with van der Waals surface area (Å²) in [6.45, 7) is 0. The Morgan fingerprint density at radius 1 is 1.19 bits per heavy atom. The van der Waals surface area contributed by atoms with E-state index in [1.165, 1.54) is 37.4 Å². The Balaban J connectivity index is 2.61. The topological polar surface area (TPSA) is 89.6 Å². The van der Waals surface area contributed by atoms with Gasteiger partial charge in [-0.15, -0.1) is 0 Å². The summed E-state index contributed by atoms with van der Waals surface area (Å²) >= 11 is 0. The molecule has 6 heteroatoms. The fourth-order valence-corrected chi connectivity index (χ4v) is 1.95. The maximum Gasteiger partial charge on any atom is 0.335 e. The summed E-state index contributed by atoms with van der Waals surface area (Å²) in [5.74, 6) is -2.22. The maximum atomic E-state index is 13.9. The number of halogens is 1. The minimum atomic E-state index is -1.17. The molecule has 108 valence electrons. The van der Waals surface area contributed by atoms with Crippen LogP contribution in [0.3, 0.4) is 0 Å². The maximum absolute atomic E-state index is 13.9. The van der Waals surface area contributed by atoms with Crippen molar-refractivity contribution in [2.24, 2.45) is 5.73 Å². The number of methoxy groups -OCH3 is 1. The number of ether oxygens (including phenoxy) is 1. The van der Waals surface area contributed by atoms with Gasteiger partial charge in [-0.05, 0) is 35.9 Å². The Hall–Kier alpha value is -2.89. The first-order valence-corrected chi connectivity index (χ1v) is 5.95. The molecular formula is C15H12FNO4. The molecule has 0 aliphatic heterocycles. The molecular weight excluding hydrogens is 277 g/mol. The van der Waals surface area contributed by atoms with Crippen molar-refractivity contribution in [3.63, 3.8) is 0 Å². The average Bonchev–Trinajstić information content (AvgIpc) is 2.46. The molecule has 21 heavy (non-hydrogen) atoms. The lowest BCUT2D eigenvalue weighted by Gasteiger charge is -2.10. The van der Waals surface area contributed by atoms with Gasteiger partial charge in [-0.3, -0.25) is 4.79 Å². The Morgan fingerprint density at radius 3 is 2.48 bits per heavy atom. The van der Waals surface area contributed by atoms with E-state index in [0.29, 0.717) is 5.56 Å². The van der Waals surface area contributed by atoms with Crippen LogP contribution < -0.4 is 10.5 Å². The van der Waals surface area contributed by atoms with Gasteiger partial charge >= 0.3 is 5.97 Å². The van der Waals surface area contributed by atoms with Crippen LogP contribution in [-0.4, -0.2) is 24.1 Å². The highest BCUT2D eigenvalue weighted by atomic mass is 19.1. The highest BCUT2D eigenvalue weighted by Gasteiger charge is 2.14. The van der Waals surface area contributed by atoms with Crippen molar-refractivity contribution in [3.8, 4) is 16.9 Å². The average molecular weight is 289 g/mol. The van der Waals surface area contributed by atoms with Crippen molar-refractivity contribution in [1.82, 2.24) is 0 Å². The summed E-state index contributed by atoms with van der Waals surface area (Å²) < 4.78 is 18.9. The summed E-state index contributed by atoms with van der Waals surface area (Å²) in [6, 6.07) is 7.79. The number of amides is 1. The molecule has 0 spiro atoms. The SMILES string of the molecule is COc1ccc(-c2cc(C(=O)O)ccc2F)cc1C(N)=O. The number of hydrogen-bond acceptors (Lipinski definition) is 3. The number of primary amides is 1. The van der Waals surface area contributed by atoms with Crippen LogP contribution in [-0.2, 0) is 0 Å². The van der Waals surface area contributed by atoms with Crippen LogP contribution >= 0.6 is 0 Å². The molecule has 0 aliphatic carbocycles. The zero-order valence-electron chi connectivity index (χ0n) is 11.1. The van der Waals surface area contributed by atoms with E-state index in [-0.39, 0.29) is 22.4 Å². The summed E-state index contributed by atoms with van der Waals surface area (Å²) in [5, 5.41) is 8.96. The first kappa shape index (κ1) is 14.5. The van der Waals surface area contributed by atoms with E-state index >= 15 is 0 Å². The summed E-state index contributed by atoms with van der Waals surface area (Å²) in [4.78, 5) is 22.3. The number of carbonyl (C=O) groups excluding carboxylic acids is 1. The van der Waals surface area contributed by atoms with Crippen LogP contribution in [0.1, 0.15) is 20.7 Å². The highest BCUT2D eigenvalue weighted by Crippen LogP contribution is 2.29. The van der Waals surface area contributed by atoms with E-state index < -0.39 is 17.7 Å². The summed E-state index contributed by atoms with van der Waals surface area (Å²) in [6.07, 6.45) is 0. The predicted molar refractivity (Wildman–Crippen MR) is 73.9 cm³/mol. The van der Waals surface area contributed by atoms with Crippen LogP contribution in [0.2, 0.25) is 0 Å². The van der Waals surface area contributed by atoms with Crippen LogP contribution in [0.5, 0.6) is 5.75 Å². The Kier molecular flexibility index (Phi) is 3.89. The number of aromatic carboxylic acids is 1. The molecule has 0 fully saturated rings. The van der Waals surface area contributed by atoms with Crippen molar-refractivity contribution in [2.45, 2.75) is 0 Å². The number of carboxylic acid groups (broad SMARTS) is 1. The third kappa shape index (κ3) is 2.84. The van der Waals surface area contributed by atoms with Crippen LogP contribution in [0.25, 0.3) is 11.1 Å².